The molecule has 8 aromatic carbocycles. The number of imidazole rings is 1. The van der Waals surface area contributed by atoms with Crippen molar-refractivity contribution in [1.82, 2.24) is 18.7 Å². The molecular weight excluding hydrogens is 1040 g/mol. The van der Waals surface area contributed by atoms with Crippen LogP contribution in [0.4, 0.5) is 5.69 Å². The molecule has 0 bridgehead atoms. The Morgan fingerprint density at radius 2 is 1.16 bits per heavy atom. The second-order valence-corrected chi connectivity index (χ2v) is 19.1. The summed E-state index contributed by atoms with van der Waals surface area (Å²) in [7, 11) is 0. The largest absolute Gasteiger partial charge is 0.456 e. The van der Waals surface area contributed by atoms with Gasteiger partial charge >= 0.3 is 0 Å². The first-order chi connectivity index (χ1) is 33.6. The van der Waals surface area contributed by atoms with Crippen LogP contribution in [0.15, 0.2) is 162 Å². The fourth-order valence-electron chi connectivity index (χ4n) is 10.5. The van der Waals surface area contributed by atoms with Crippen LogP contribution in [0.2, 0.25) is 0 Å². The molecule has 4 heterocycles. The van der Waals surface area contributed by atoms with E-state index in [2.05, 4.69) is 201 Å². The van der Waals surface area contributed by atoms with Gasteiger partial charge in [-0.1, -0.05) is 90.1 Å². The Morgan fingerprint density at radius 3 is 1.73 bits per heavy atom. The normalized spacial score (nSPS) is 11.8. The molecule has 70 heavy (non-hydrogen) atoms. The molecule has 0 saturated heterocycles. The first kappa shape index (κ1) is 44.5. The first-order valence-electron chi connectivity index (χ1n) is 23.7. The standard InChI is InChI=1S/C62H47N6O.Ir/c1-36(2)39-19-23-57-51(28-39)47-15-8-10-17-55(47)67(57)45-21-25-59-53(32-45)54-33-46(22-26-60(54)69-59)68-56-18-11-9-16-48(56)52-29-40(20-24-58(52)68)42-30-49(37(3)4)61(50(31-42)38(5)6)66-35-44(34-63)65-62(66)41-13-12-14-43(27-41)64-7;/h8-12,14-33,35-38H,1-6H3;/q-1;. The summed E-state index contributed by atoms with van der Waals surface area (Å²) < 4.78 is 13.3. The molecule has 0 saturated carbocycles. The van der Waals surface area contributed by atoms with E-state index in [-0.39, 0.29) is 31.9 Å². The van der Waals surface area contributed by atoms with Crippen molar-refractivity contribution in [2.45, 2.75) is 59.3 Å². The average molecular weight is 1080 g/mol. The van der Waals surface area contributed by atoms with E-state index in [0.717, 1.165) is 72.3 Å². The van der Waals surface area contributed by atoms with Gasteiger partial charge < -0.3 is 18.1 Å². The van der Waals surface area contributed by atoms with Gasteiger partial charge in [0, 0.05) is 75.7 Å². The number of benzene rings is 8. The van der Waals surface area contributed by atoms with Gasteiger partial charge in [0.2, 0.25) is 0 Å². The molecule has 1 radical (unpaired) electrons. The van der Waals surface area contributed by atoms with Crippen molar-refractivity contribution in [1.29, 1.82) is 5.26 Å². The summed E-state index contributed by atoms with van der Waals surface area (Å²) in [5.74, 6) is 1.32. The van der Waals surface area contributed by atoms with Gasteiger partial charge in [0.05, 0.1) is 34.5 Å². The van der Waals surface area contributed by atoms with E-state index in [1.807, 2.05) is 10.8 Å². The summed E-state index contributed by atoms with van der Waals surface area (Å²) in [4.78, 5) is 8.41. The zero-order chi connectivity index (χ0) is 47.2. The monoisotopic (exact) mass is 1080 g/mol. The molecule has 0 atom stereocenters. The number of para-hydroxylation sites is 2. The van der Waals surface area contributed by atoms with Crippen molar-refractivity contribution in [3.8, 4) is 45.6 Å². The third-order valence-electron chi connectivity index (χ3n) is 14.0. The van der Waals surface area contributed by atoms with Crippen molar-refractivity contribution in [2.24, 2.45) is 0 Å². The van der Waals surface area contributed by atoms with Gasteiger partial charge in [0.15, 0.2) is 0 Å². The maximum atomic E-state index is 10.1. The molecular formula is C62H47IrN6O-. The Morgan fingerprint density at radius 1 is 0.586 bits per heavy atom. The number of nitriles is 1. The topological polar surface area (TPSA) is 69.0 Å². The maximum absolute atomic E-state index is 10.1. The molecule has 0 aliphatic heterocycles. The van der Waals surface area contributed by atoms with E-state index in [9.17, 15) is 5.26 Å². The van der Waals surface area contributed by atoms with Crippen LogP contribution in [0.1, 0.15) is 81.7 Å². The van der Waals surface area contributed by atoms with Crippen molar-refractivity contribution in [3.05, 3.63) is 198 Å². The molecule has 0 aliphatic carbocycles. The molecule has 0 unspecified atom stereocenters. The van der Waals surface area contributed by atoms with E-state index in [1.165, 1.54) is 38.1 Å². The van der Waals surface area contributed by atoms with Crippen LogP contribution >= 0.6 is 0 Å². The van der Waals surface area contributed by atoms with Gasteiger partial charge in [-0.25, -0.2) is 0 Å². The average Bonchev–Trinajstić information content (AvgIpc) is 4.14. The van der Waals surface area contributed by atoms with Crippen LogP contribution in [-0.2, 0) is 20.1 Å². The second-order valence-electron chi connectivity index (χ2n) is 19.1. The van der Waals surface area contributed by atoms with Crippen LogP contribution in [0, 0.1) is 24.0 Å². The Bertz CT molecular complexity index is 4130. The van der Waals surface area contributed by atoms with Gasteiger partial charge in [-0.2, -0.15) is 11.3 Å². The van der Waals surface area contributed by atoms with Crippen LogP contribution < -0.4 is 0 Å². The number of hydrogen-bond donors (Lipinski definition) is 0. The van der Waals surface area contributed by atoms with Gasteiger partial charge in [-0.05, 0) is 131 Å². The summed E-state index contributed by atoms with van der Waals surface area (Å²) in [6, 6.07) is 59.7. The second kappa shape index (κ2) is 17.2. The fraction of sp³-hybridized carbons (Fsp3) is 0.145. The molecule has 12 aromatic rings. The van der Waals surface area contributed by atoms with Gasteiger partial charge in [-0.15, -0.1) is 23.8 Å². The molecule has 12 rings (SSSR count). The quantitative estimate of drug-likeness (QED) is 0.142. The number of rotatable bonds is 8. The van der Waals surface area contributed by atoms with E-state index < -0.39 is 0 Å². The number of nitrogens with zero attached hydrogens (tertiary/aromatic N) is 6. The van der Waals surface area contributed by atoms with Crippen LogP contribution in [0.25, 0.3) is 110 Å². The predicted octanol–water partition coefficient (Wildman–Crippen LogP) is 16.9. The zero-order valence-corrected chi connectivity index (χ0v) is 42.1. The number of furan rings is 1. The van der Waals surface area contributed by atoms with Crippen molar-refractivity contribution in [3.63, 3.8) is 0 Å². The Labute approximate surface area is 420 Å². The predicted molar refractivity (Wildman–Crippen MR) is 282 cm³/mol. The molecule has 4 aromatic heterocycles. The molecule has 341 valence electrons. The minimum Gasteiger partial charge on any atom is -0.456 e. The Kier molecular flexibility index (Phi) is 10.9. The maximum Gasteiger partial charge on any atom is 0.148 e. The molecule has 0 amide bonds. The molecule has 7 nitrogen and oxygen atoms in total. The van der Waals surface area contributed by atoms with Crippen LogP contribution in [0.5, 0.6) is 0 Å². The summed E-state index contributed by atoms with van der Waals surface area (Å²) in [5, 5.41) is 17.1. The first-order valence-corrected chi connectivity index (χ1v) is 23.7. The van der Waals surface area contributed by atoms with Crippen LogP contribution in [0.3, 0.4) is 0 Å². The minimum absolute atomic E-state index is 0. The number of hydrogen-bond acceptors (Lipinski definition) is 3. The SMILES string of the molecule is [C-]#[N+]c1cc[c-]c(-c2nc(C#N)cn2-c2c(C(C)C)cc(-c3ccc4c(c3)c3ccccc3n4-c3ccc4oc5ccc(-n6c7ccccc7c7cc(C(C)C)ccc76)cc5c4c3)cc2C(C)C)c1.[Ir]. The molecule has 0 spiro atoms. The molecule has 0 N–H and O–H groups in total. The Hall–Kier alpha value is -8.00. The van der Waals surface area contributed by atoms with Gasteiger partial charge in [0.25, 0.3) is 0 Å². The number of aromatic nitrogens is 4. The summed E-state index contributed by atoms with van der Waals surface area (Å²) in [6.45, 7) is 21.0. The number of fused-ring (bicyclic) bond motifs is 9. The minimum atomic E-state index is 0. The molecule has 8 heteroatoms. The smallest absolute Gasteiger partial charge is 0.148 e. The van der Waals surface area contributed by atoms with E-state index >= 15 is 0 Å². The molecule has 0 aliphatic rings. The van der Waals surface area contributed by atoms with Crippen molar-refractivity contribution >= 4 is 71.2 Å². The zero-order valence-electron chi connectivity index (χ0n) is 39.7. The third kappa shape index (κ3) is 7.06. The van der Waals surface area contributed by atoms with Crippen molar-refractivity contribution in [2.75, 3.05) is 0 Å². The molecule has 0 fully saturated rings. The van der Waals surface area contributed by atoms with E-state index in [4.69, 9.17) is 16.0 Å². The van der Waals surface area contributed by atoms with Gasteiger partial charge in [0.1, 0.15) is 28.6 Å². The van der Waals surface area contributed by atoms with E-state index in [0.29, 0.717) is 28.7 Å². The van der Waals surface area contributed by atoms with E-state index in [1.54, 1.807) is 18.2 Å². The Balaban J connectivity index is 0.00000533. The summed E-state index contributed by atoms with van der Waals surface area (Å²) >= 11 is 0. The summed E-state index contributed by atoms with van der Waals surface area (Å²) in [5.41, 5.74) is 16.9. The van der Waals surface area contributed by atoms with Crippen molar-refractivity contribution < 1.29 is 24.5 Å². The van der Waals surface area contributed by atoms with Gasteiger partial charge in [-0.3, -0.25) is 9.83 Å². The third-order valence-corrected chi connectivity index (χ3v) is 14.0. The fourth-order valence-corrected chi connectivity index (χ4v) is 10.5. The summed E-state index contributed by atoms with van der Waals surface area (Å²) in [6.07, 6.45) is 1.82. The van der Waals surface area contributed by atoms with Crippen LogP contribution in [-0.4, -0.2) is 18.7 Å².